The largest absolute Gasteiger partial charge is 0.390 e. The summed E-state index contributed by atoms with van der Waals surface area (Å²) < 4.78 is 22.7. The molecule has 0 spiro atoms. The van der Waals surface area contributed by atoms with E-state index in [-0.39, 0.29) is 32.0 Å². The number of benzene rings is 3. The van der Waals surface area contributed by atoms with Crippen LogP contribution >= 0.6 is 0 Å². The molecule has 2 unspecified atom stereocenters. The Hall–Kier alpha value is -3.68. The van der Waals surface area contributed by atoms with Crippen LogP contribution in [0.5, 0.6) is 0 Å². The summed E-state index contributed by atoms with van der Waals surface area (Å²) in [5, 5.41) is 39.5. The molecule has 0 aromatic heterocycles. The van der Waals surface area contributed by atoms with E-state index in [0.29, 0.717) is 19.4 Å². The predicted molar refractivity (Wildman–Crippen MR) is 167 cm³/mol. The predicted octanol–water partition coefficient (Wildman–Crippen LogP) is 1.57. The Kier molecular flexibility index (Phi) is 11.9. The fourth-order valence-electron chi connectivity index (χ4n) is 5.91. The smallest absolute Gasteiger partial charge is 0.252 e. The van der Waals surface area contributed by atoms with Crippen LogP contribution in [0.1, 0.15) is 34.7 Å². The lowest BCUT2D eigenvalue weighted by molar-refractivity contribution is -0.171. The number of aliphatic hydroxyl groups excluding tert-OH is 3. The first-order chi connectivity index (χ1) is 22.3. The number of hydrogen-bond donors (Lipinski definition) is 5. The lowest BCUT2D eigenvalue weighted by Crippen LogP contribution is -2.57. The van der Waals surface area contributed by atoms with E-state index in [0.717, 1.165) is 22.3 Å². The van der Waals surface area contributed by atoms with Gasteiger partial charge in [-0.25, -0.2) is 0 Å². The van der Waals surface area contributed by atoms with Crippen molar-refractivity contribution in [1.82, 2.24) is 10.6 Å². The maximum absolute atomic E-state index is 13.8. The molecule has 0 saturated carbocycles. The number of hydrogen-bond acceptors (Lipinski definition) is 9. The van der Waals surface area contributed by atoms with E-state index in [1.165, 1.54) is 0 Å². The molecule has 11 nitrogen and oxygen atoms in total. The molecule has 0 radical (unpaired) electrons. The van der Waals surface area contributed by atoms with Gasteiger partial charge in [0, 0.05) is 13.5 Å². The van der Waals surface area contributed by atoms with Gasteiger partial charge in [-0.15, -0.1) is 0 Å². The van der Waals surface area contributed by atoms with Crippen LogP contribution in [-0.4, -0.2) is 90.1 Å². The van der Waals surface area contributed by atoms with Crippen LogP contribution in [0.25, 0.3) is 0 Å². The van der Waals surface area contributed by atoms with Crippen LogP contribution in [0.4, 0.5) is 0 Å². The van der Waals surface area contributed by atoms with Gasteiger partial charge in [-0.1, -0.05) is 84.9 Å². The Morgan fingerprint density at radius 1 is 0.826 bits per heavy atom. The molecule has 8 atom stereocenters. The molecule has 1 saturated heterocycles. The standard InChI is InChI=1S/C35H42N2O9/c1-43-21-26-17-25(20-44-26)36-34(41)32(45-18-22-10-4-2-5-11-22)30(39)31(40)33(46-19-23-12-6-3-7-13-23)35(42)37-29-27-15-9-8-14-24(27)16-28(29)38/h2-15,25-26,28-33,38-40H,16-21H2,1H3,(H,36,41)(H,37,42)/t25?,26?,28-,29+,30-,31-,32-,33-/m1/s1. The molecule has 0 bridgehead atoms. The fraction of sp³-hybridized carbons (Fsp3) is 0.429. The summed E-state index contributed by atoms with van der Waals surface area (Å²) in [7, 11) is 1.57. The quantitative estimate of drug-likeness (QED) is 0.168. The van der Waals surface area contributed by atoms with Crippen LogP contribution < -0.4 is 10.6 Å². The molecule has 3 aromatic carbocycles. The highest BCUT2D eigenvalue weighted by molar-refractivity contribution is 5.84. The molecular formula is C35H42N2O9. The minimum Gasteiger partial charge on any atom is -0.390 e. The SMILES string of the molecule is COCC1CC(NC(=O)[C@H](OCc2ccccc2)[C@H](O)[C@@H](O)[C@@H](OCc2ccccc2)C(=O)N[C@H]2c3ccccc3C[C@H]2O)CO1. The van der Waals surface area contributed by atoms with Crippen molar-refractivity contribution < 1.29 is 43.9 Å². The van der Waals surface area contributed by atoms with E-state index < -0.39 is 48.4 Å². The topological polar surface area (TPSA) is 156 Å². The summed E-state index contributed by atoms with van der Waals surface area (Å²) in [5.74, 6) is -1.42. The van der Waals surface area contributed by atoms with E-state index in [9.17, 15) is 24.9 Å². The maximum atomic E-state index is 13.8. The average molecular weight is 635 g/mol. The lowest BCUT2D eigenvalue weighted by atomic mass is 9.99. The highest BCUT2D eigenvalue weighted by atomic mass is 16.5. The molecule has 1 fully saturated rings. The number of rotatable bonds is 15. The molecule has 3 aromatic rings. The zero-order chi connectivity index (χ0) is 32.5. The van der Waals surface area contributed by atoms with Crippen molar-refractivity contribution in [3.8, 4) is 0 Å². The summed E-state index contributed by atoms with van der Waals surface area (Å²) >= 11 is 0. The number of ether oxygens (including phenoxy) is 4. The van der Waals surface area contributed by atoms with Crippen LogP contribution in [-0.2, 0) is 48.2 Å². The molecule has 1 aliphatic carbocycles. The molecule has 46 heavy (non-hydrogen) atoms. The van der Waals surface area contributed by atoms with Gasteiger partial charge in [-0.2, -0.15) is 0 Å². The van der Waals surface area contributed by atoms with Gasteiger partial charge >= 0.3 is 0 Å². The number of methoxy groups -OCH3 is 1. The second-order valence-corrected chi connectivity index (χ2v) is 11.7. The molecule has 1 heterocycles. The molecular weight excluding hydrogens is 592 g/mol. The van der Waals surface area contributed by atoms with Crippen molar-refractivity contribution >= 4 is 11.8 Å². The summed E-state index contributed by atoms with van der Waals surface area (Å²) in [4.78, 5) is 27.4. The Balaban J connectivity index is 1.35. The van der Waals surface area contributed by atoms with Crippen molar-refractivity contribution in [2.24, 2.45) is 0 Å². The monoisotopic (exact) mass is 634 g/mol. The zero-order valence-corrected chi connectivity index (χ0v) is 25.7. The minimum atomic E-state index is -1.88. The van der Waals surface area contributed by atoms with Crippen molar-refractivity contribution in [3.63, 3.8) is 0 Å². The Labute approximate surface area is 268 Å². The van der Waals surface area contributed by atoms with Crippen LogP contribution in [0, 0.1) is 0 Å². The van der Waals surface area contributed by atoms with Gasteiger partial charge in [0.05, 0.1) is 50.7 Å². The molecule has 246 valence electrons. The van der Waals surface area contributed by atoms with Crippen molar-refractivity contribution in [1.29, 1.82) is 0 Å². The van der Waals surface area contributed by atoms with Gasteiger partial charge in [-0.3, -0.25) is 9.59 Å². The van der Waals surface area contributed by atoms with E-state index >= 15 is 0 Å². The Morgan fingerprint density at radius 3 is 1.96 bits per heavy atom. The number of fused-ring (bicyclic) bond motifs is 1. The molecule has 5 N–H and O–H groups in total. The zero-order valence-electron chi connectivity index (χ0n) is 25.7. The first-order valence-corrected chi connectivity index (χ1v) is 15.5. The first kappa shape index (κ1) is 33.7. The third-order valence-corrected chi connectivity index (χ3v) is 8.31. The Morgan fingerprint density at radius 2 is 1.37 bits per heavy atom. The van der Waals surface area contributed by atoms with Crippen molar-refractivity contribution in [2.75, 3.05) is 20.3 Å². The lowest BCUT2D eigenvalue weighted by Gasteiger charge is -2.32. The number of amides is 2. The van der Waals surface area contributed by atoms with Gasteiger partial charge in [0.25, 0.3) is 11.8 Å². The second kappa shape index (κ2) is 16.2. The van der Waals surface area contributed by atoms with Crippen LogP contribution in [0.15, 0.2) is 84.9 Å². The second-order valence-electron chi connectivity index (χ2n) is 11.7. The third kappa shape index (κ3) is 8.56. The van der Waals surface area contributed by atoms with E-state index in [1.807, 2.05) is 72.8 Å². The van der Waals surface area contributed by atoms with Crippen molar-refractivity contribution in [3.05, 3.63) is 107 Å². The van der Waals surface area contributed by atoms with Gasteiger partial charge in [-0.05, 0) is 28.7 Å². The van der Waals surface area contributed by atoms with Gasteiger partial charge in [0.2, 0.25) is 0 Å². The molecule has 5 rings (SSSR count). The summed E-state index contributed by atoms with van der Waals surface area (Å²) in [6, 6.07) is 24.4. The highest BCUT2D eigenvalue weighted by Crippen LogP contribution is 2.31. The molecule has 2 aliphatic rings. The number of aliphatic hydroxyl groups is 3. The first-order valence-electron chi connectivity index (χ1n) is 15.5. The molecule has 1 aliphatic heterocycles. The van der Waals surface area contributed by atoms with Crippen molar-refractivity contribution in [2.45, 2.75) is 74.8 Å². The average Bonchev–Trinajstić information content (AvgIpc) is 3.64. The normalized spacial score (nSPS) is 23.2. The summed E-state index contributed by atoms with van der Waals surface area (Å²) in [5.41, 5.74) is 3.14. The van der Waals surface area contributed by atoms with Gasteiger partial charge in [0.1, 0.15) is 12.2 Å². The number of carbonyl (C=O) groups excluding carboxylic acids is 2. The molecule has 2 amide bonds. The van der Waals surface area contributed by atoms with Gasteiger partial charge < -0.3 is 44.9 Å². The summed E-state index contributed by atoms with van der Waals surface area (Å²) in [6.07, 6.45) is -7.16. The highest BCUT2D eigenvalue weighted by Gasteiger charge is 2.43. The molecule has 11 heteroatoms. The van der Waals surface area contributed by atoms with E-state index in [2.05, 4.69) is 10.6 Å². The van der Waals surface area contributed by atoms with Crippen LogP contribution in [0.2, 0.25) is 0 Å². The maximum Gasteiger partial charge on any atom is 0.252 e. The fourth-order valence-corrected chi connectivity index (χ4v) is 5.91. The van der Waals surface area contributed by atoms with Gasteiger partial charge in [0.15, 0.2) is 12.2 Å². The Bertz CT molecular complexity index is 1410. The minimum absolute atomic E-state index is 0.0387. The number of carbonyl (C=O) groups is 2. The summed E-state index contributed by atoms with van der Waals surface area (Å²) in [6.45, 7) is 0.523. The van der Waals surface area contributed by atoms with Crippen LogP contribution in [0.3, 0.4) is 0 Å². The number of nitrogens with one attached hydrogen (secondary N) is 2. The third-order valence-electron chi connectivity index (χ3n) is 8.31. The van der Waals surface area contributed by atoms with E-state index in [4.69, 9.17) is 18.9 Å². The van der Waals surface area contributed by atoms with E-state index in [1.54, 1.807) is 19.2 Å².